The summed E-state index contributed by atoms with van der Waals surface area (Å²) in [5, 5.41) is 3.06. The van der Waals surface area contributed by atoms with Crippen LogP contribution in [0.15, 0.2) is 0 Å². The van der Waals surface area contributed by atoms with Crippen LogP contribution < -0.4 is 11.1 Å². The van der Waals surface area contributed by atoms with Crippen molar-refractivity contribution in [1.29, 1.82) is 0 Å². The number of nitrogens with two attached hydrogens (primary N) is 1. The van der Waals surface area contributed by atoms with Crippen molar-refractivity contribution < 1.29 is 9.53 Å². The Kier molecular flexibility index (Phi) is 4.44. The van der Waals surface area contributed by atoms with E-state index in [2.05, 4.69) is 19.2 Å². The highest BCUT2D eigenvalue weighted by Gasteiger charge is 2.58. The minimum Gasteiger partial charge on any atom is -0.377 e. The normalized spacial score (nSPS) is 35.9. The first-order valence-corrected chi connectivity index (χ1v) is 6.12. The lowest BCUT2D eigenvalue weighted by atomic mass is 9.55. The molecule has 1 saturated carbocycles. The smallest absolute Gasteiger partial charge is 0.236 e. The van der Waals surface area contributed by atoms with Crippen molar-refractivity contribution in [3.63, 3.8) is 0 Å². The maximum atomic E-state index is 11.6. The Morgan fingerprint density at radius 3 is 2.76 bits per heavy atom. The standard InChI is InChI=1S/C12H22N2O2.ClH/c1-7(13)11(15)14-9-8-5-4-6-16-10(8)12(9,2)3;/h7-10H,4-6,13H2,1-3H3,(H,14,15);1H/t7-,8?,9?,10?;/m1./s1. The van der Waals surface area contributed by atoms with Crippen LogP contribution in [0.1, 0.15) is 33.6 Å². The number of fused-ring (bicyclic) bond motifs is 1. The zero-order chi connectivity index (χ0) is 11.9. The summed E-state index contributed by atoms with van der Waals surface area (Å²) in [5.41, 5.74) is 5.61. The average Bonchev–Trinajstić information content (AvgIpc) is 2.25. The van der Waals surface area contributed by atoms with Crippen LogP contribution in [0, 0.1) is 11.3 Å². The van der Waals surface area contributed by atoms with Crippen LogP contribution in [0.4, 0.5) is 0 Å². The van der Waals surface area contributed by atoms with E-state index in [0.29, 0.717) is 12.0 Å². The van der Waals surface area contributed by atoms with Crippen LogP contribution in [-0.4, -0.2) is 30.7 Å². The number of halogens is 1. The fraction of sp³-hybridized carbons (Fsp3) is 0.917. The molecule has 1 heterocycles. The van der Waals surface area contributed by atoms with E-state index >= 15 is 0 Å². The molecule has 0 spiro atoms. The van der Waals surface area contributed by atoms with Crippen LogP contribution >= 0.6 is 12.4 Å². The maximum Gasteiger partial charge on any atom is 0.236 e. The molecule has 17 heavy (non-hydrogen) atoms. The number of ether oxygens (including phenoxy) is 1. The van der Waals surface area contributed by atoms with Gasteiger partial charge in [-0.2, -0.15) is 0 Å². The molecule has 3 unspecified atom stereocenters. The Hall–Kier alpha value is -0.320. The first-order chi connectivity index (χ1) is 7.44. The van der Waals surface area contributed by atoms with E-state index in [4.69, 9.17) is 10.5 Å². The Bertz CT molecular complexity index is 294. The molecule has 3 N–H and O–H groups in total. The Balaban J connectivity index is 0.00000144. The summed E-state index contributed by atoms with van der Waals surface area (Å²) in [6.45, 7) is 6.89. The van der Waals surface area contributed by atoms with Crippen LogP contribution in [0.2, 0.25) is 0 Å². The van der Waals surface area contributed by atoms with Crippen LogP contribution in [0.5, 0.6) is 0 Å². The predicted octanol–water partition coefficient (Wildman–Crippen LogP) is 1.08. The molecule has 2 fully saturated rings. The van der Waals surface area contributed by atoms with E-state index in [-0.39, 0.29) is 29.8 Å². The average molecular weight is 263 g/mol. The summed E-state index contributed by atoms with van der Waals surface area (Å²) in [5.74, 6) is 0.425. The van der Waals surface area contributed by atoms with E-state index in [0.717, 1.165) is 19.4 Å². The summed E-state index contributed by atoms with van der Waals surface area (Å²) in [4.78, 5) is 11.6. The molecule has 1 saturated heterocycles. The van der Waals surface area contributed by atoms with Gasteiger partial charge in [0.05, 0.1) is 12.1 Å². The third-order valence-electron chi connectivity index (χ3n) is 4.04. The molecule has 2 rings (SSSR count). The van der Waals surface area contributed by atoms with E-state index in [1.807, 2.05) is 0 Å². The molecule has 1 aliphatic heterocycles. The zero-order valence-corrected chi connectivity index (χ0v) is 11.5. The summed E-state index contributed by atoms with van der Waals surface area (Å²) >= 11 is 0. The molecule has 0 radical (unpaired) electrons. The molecule has 5 heteroatoms. The predicted molar refractivity (Wildman–Crippen MR) is 69.1 cm³/mol. The third-order valence-corrected chi connectivity index (χ3v) is 4.04. The van der Waals surface area contributed by atoms with Gasteiger partial charge in [-0.1, -0.05) is 13.8 Å². The second-order valence-corrected chi connectivity index (χ2v) is 5.69. The second-order valence-electron chi connectivity index (χ2n) is 5.69. The monoisotopic (exact) mass is 262 g/mol. The minimum atomic E-state index is -0.431. The number of hydrogen-bond acceptors (Lipinski definition) is 3. The van der Waals surface area contributed by atoms with Gasteiger partial charge < -0.3 is 15.8 Å². The van der Waals surface area contributed by atoms with Crippen LogP contribution in [0.3, 0.4) is 0 Å². The Morgan fingerprint density at radius 1 is 1.53 bits per heavy atom. The lowest BCUT2D eigenvalue weighted by Gasteiger charge is -2.60. The number of nitrogens with one attached hydrogen (secondary N) is 1. The molecule has 4 nitrogen and oxygen atoms in total. The van der Waals surface area contributed by atoms with Gasteiger partial charge in [-0.05, 0) is 19.8 Å². The van der Waals surface area contributed by atoms with E-state index in [9.17, 15) is 4.79 Å². The van der Waals surface area contributed by atoms with Gasteiger partial charge in [-0.25, -0.2) is 0 Å². The van der Waals surface area contributed by atoms with Gasteiger partial charge in [-0.15, -0.1) is 12.4 Å². The fourth-order valence-electron chi connectivity index (χ4n) is 3.10. The molecule has 4 atom stereocenters. The Morgan fingerprint density at radius 2 is 2.18 bits per heavy atom. The molecule has 0 aromatic rings. The summed E-state index contributed by atoms with van der Waals surface area (Å²) in [6, 6.07) is -0.212. The second kappa shape index (κ2) is 5.12. The summed E-state index contributed by atoms with van der Waals surface area (Å²) in [6.07, 6.45) is 2.56. The van der Waals surface area contributed by atoms with Crippen LogP contribution in [-0.2, 0) is 9.53 Å². The number of hydrogen-bond donors (Lipinski definition) is 2. The lowest BCUT2D eigenvalue weighted by Crippen LogP contribution is -2.70. The SMILES string of the molecule is C[C@@H](N)C(=O)NC1C2CCCOC2C1(C)C.Cl. The van der Waals surface area contributed by atoms with Crippen molar-refractivity contribution in [2.75, 3.05) is 6.61 Å². The largest absolute Gasteiger partial charge is 0.377 e. The van der Waals surface area contributed by atoms with Gasteiger partial charge in [0.1, 0.15) is 0 Å². The molecule has 2 aliphatic rings. The summed E-state index contributed by atoms with van der Waals surface area (Å²) < 4.78 is 5.78. The van der Waals surface area contributed by atoms with Crippen molar-refractivity contribution >= 4 is 18.3 Å². The first-order valence-electron chi connectivity index (χ1n) is 6.12. The highest BCUT2D eigenvalue weighted by atomic mass is 35.5. The molecular formula is C12H23ClN2O2. The quantitative estimate of drug-likeness (QED) is 0.783. The third kappa shape index (κ3) is 2.44. The van der Waals surface area contributed by atoms with Gasteiger partial charge in [-0.3, -0.25) is 4.79 Å². The molecule has 100 valence electrons. The molecule has 1 aliphatic carbocycles. The number of carbonyl (C=O) groups is 1. The minimum absolute atomic E-state index is 0. The van der Waals surface area contributed by atoms with Crippen LogP contribution in [0.25, 0.3) is 0 Å². The van der Waals surface area contributed by atoms with Crippen molar-refractivity contribution in [3.8, 4) is 0 Å². The molecule has 1 amide bonds. The molecule has 0 bridgehead atoms. The van der Waals surface area contributed by atoms with Crippen molar-refractivity contribution in [2.24, 2.45) is 17.1 Å². The topological polar surface area (TPSA) is 64.4 Å². The number of rotatable bonds is 2. The van der Waals surface area contributed by atoms with E-state index in [1.54, 1.807) is 6.92 Å². The summed E-state index contributed by atoms with van der Waals surface area (Å²) in [7, 11) is 0. The van der Waals surface area contributed by atoms with E-state index < -0.39 is 6.04 Å². The Labute approximate surface area is 109 Å². The van der Waals surface area contributed by atoms with Gasteiger partial charge in [0.15, 0.2) is 0 Å². The van der Waals surface area contributed by atoms with Crippen molar-refractivity contribution in [2.45, 2.75) is 51.8 Å². The van der Waals surface area contributed by atoms with Gasteiger partial charge in [0, 0.05) is 24.0 Å². The fourth-order valence-corrected chi connectivity index (χ4v) is 3.10. The maximum absolute atomic E-state index is 11.6. The highest BCUT2D eigenvalue weighted by Crippen LogP contribution is 2.51. The first kappa shape index (κ1) is 14.7. The van der Waals surface area contributed by atoms with Gasteiger partial charge in [0.25, 0.3) is 0 Å². The van der Waals surface area contributed by atoms with E-state index in [1.165, 1.54) is 0 Å². The van der Waals surface area contributed by atoms with Gasteiger partial charge >= 0.3 is 0 Å². The van der Waals surface area contributed by atoms with Gasteiger partial charge in [0.2, 0.25) is 5.91 Å². The molecular weight excluding hydrogens is 240 g/mol. The van der Waals surface area contributed by atoms with Crippen molar-refractivity contribution in [1.82, 2.24) is 5.32 Å². The number of amides is 1. The van der Waals surface area contributed by atoms with Crippen molar-refractivity contribution in [3.05, 3.63) is 0 Å². The molecule has 0 aromatic heterocycles. The number of carbonyl (C=O) groups excluding carboxylic acids is 1. The lowest BCUT2D eigenvalue weighted by molar-refractivity contribution is -0.194. The molecule has 0 aromatic carbocycles. The highest BCUT2D eigenvalue weighted by molar-refractivity contribution is 5.85. The zero-order valence-electron chi connectivity index (χ0n) is 10.7.